The lowest BCUT2D eigenvalue weighted by Gasteiger charge is -2.13. The molecule has 0 heterocycles. The topological polar surface area (TPSA) is 50.2 Å². The molecule has 1 atom stereocenters. The molecule has 1 aromatic rings. The van der Waals surface area contributed by atoms with E-state index in [0.717, 1.165) is 13.1 Å². The Labute approximate surface area is 124 Å². The molecule has 106 valence electrons. The number of hydrogen-bond donors (Lipinski definition) is 3. The summed E-state index contributed by atoms with van der Waals surface area (Å²) in [5, 5.41) is 5.85. The van der Waals surface area contributed by atoms with Gasteiger partial charge in [-0.15, -0.1) is 0 Å². The highest BCUT2D eigenvalue weighted by atomic mass is 35.5. The second-order valence-corrected chi connectivity index (χ2v) is 5.73. The van der Waals surface area contributed by atoms with Crippen molar-refractivity contribution in [3.63, 3.8) is 0 Å². The van der Waals surface area contributed by atoms with Gasteiger partial charge in [0.25, 0.3) is 5.91 Å². The molecule has 4 N–H and O–H groups in total. The lowest BCUT2D eigenvalue weighted by atomic mass is 10.2. The molecular formula is C13H21Cl2N3O+2. The predicted octanol–water partition coefficient (Wildman–Crippen LogP) is 0.0283. The van der Waals surface area contributed by atoms with Crippen LogP contribution in [0.2, 0.25) is 10.0 Å². The van der Waals surface area contributed by atoms with Gasteiger partial charge < -0.3 is 15.5 Å². The van der Waals surface area contributed by atoms with Gasteiger partial charge in [-0.25, -0.2) is 0 Å². The summed E-state index contributed by atoms with van der Waals surface area (Å²) in [5.41, 5.74) is 0.553. The van der Waals surface area contributed by atoms with Gasteiger partial charge in [-0.05, 0) is 25.1 Å². The van der Waals surface area contributed by atoms with Crippen molar-refractivity contribution in [1.29, 1.82) is 0 Å². The third kappa shape index (κ3) is 5.78. The van der Waals surface area contributed by atoms with E-state index in [1.54, 1.807) is 18.2 Å². The third-order valence-electron chi connectivity index (χ3n) is 2.76. The molecular weight excluding hydrogens is 285 g/mol. The van der Waals surface area contributed by atoms with Crippen LogP contribution >= 0.6 is 23.2 Å². The van der Waals surface area contributed by atoms with Gasteiger partial charge in [-0.2, -0.15) is 0 Å². The maximum Gasteiger partial charge on any atom is 0.282 e. The number of quaternary nitrogens is 2. The van der Waals surface area contributed by atoms with Gasteiger partial charge in [0, 0.05) is 5.02 Å². The first kappa shape index (κ1) is 16.2. The van der Waals surface area contributed by atoms with Crippen molar-refractivity contribution in [2.24, 2.45) is 0 Å². The summed E-state index contributed by atoms with van der Waals surface area (Å²) in [5.74, 6) is -0.0714. The van der Waals surface area contributed by atoms with Gasteiger partial charge in [0.1, 0.15) is 13.1 Å². The summed E-state index contributed by atoms with van der Waals surface area (Å²) < 4.78 is 0. The number of likely N-dealkylation sites (N-methyl/N-ethyl adjacent to an activating group) is 1. The number of halogens is 2. The fraction of sp³-hybridized carbons (Fsp3) is 0.462. The van der Waals surface area contributed by atoms with Crippen LogP contribution in [-0.2, 0) is 4.79 Å². The molecule has 0 saturated heterocycles. The van der Waals surface area contributed by atoms with Crippen LogP contribution in [0.25, 0.3) is 0 Å². The highest BCUT2D eigenvalue weighted by Crippen LogP contribution is 2.25. The number of nitrogens with one attached hydrogen (secondary N) is 2. The van der Waals surface area contributed by atoms with Gasteiger partial charge >= 0.3 is 0 Å². The summed E-state index contributed by atoms with van der Waals surface area (Å²) in [7, 11) is 4.18. The van der Waals surface area contributed by atoms with Crippen LogP contribution in [0.15, 0.2) is 18.2 Å². The minimum absolute atomic E-state index is 0.0714. The summed E-state index contributed by atoms with van der Waals surface area (Å²) in [6.07, 6.45) is 0. The Morgan fingerprint density at radius 2 is 2.11 bits per heavy atom. The van der Waals surface area contributed by atoms with E-state index in [9.17, 15) is 4.79 Å². The lowest BCUT2D eigenvalue weighted by Crippen LogP contribution is -3.10. The first-order valence-corrected chi connectivity index (χ1v) is 7.04. The van der Waals surface area contributed by atoms with E-state index in [1.165, 1.54) is 4.90 Å². The van der Waals surface area contributed by atoms with Crippen LogP contribution in [-0.4, -0.2) is 39.1 Å². The zero-order valence-corrected chi connectivity index (χ0v) is 13.0. The summed E-state index contributed by atoms with van der Waals surface area (Å²) in [4.78, 5) is 13.4. The van der Waals surface area contributed by atoms with Gasteiger partial charge in [-0.1, -0.05) is 23.2 Å². The summed E-state index contributed by atoms with van der Waals surface area (Å²) >= 11 is 11.9. The summed E-state index contributed by atoms with van der Waals surface area (Å²) in [6, 6.07) is 4.85. The molecule has 1 aromatic carbocycles. The van der Waals surface area contributed by atoms with Crippen molar-refractivity contribution in [2.45, 2.75) is 13.0 Å². The van der Waals surface area contributed by atoms with Crippen LogP contribution in [0.5, 0.6) is 0 Å². The molecule has 0 bridgehead atoms. The monoisotopic (exact) mass is 305 g/mol. The SMILES string of the molecule is C[C@H]([NH2+]CC[NH+](C)C)C(=O)Nc1cc(Cl)ccc1Cl. The zero-order valence-electron chi connectivity index (χ0n) is 11.5. The molecule has 0 unspecified atom stereocenters. The van der Waals surface area contributed by atoms with Gasteiger partial charge in [0.15, 0.2) is 6.04 Å². The van der Waals surface area contributed by atoms with Crippen molar-refractivity contribution < 1.29 is 15.0 Å². The van der Waals surface area contributed by atoms with Crippen LogP contribution in [0.4, 0.5) is 5.69 Å². The fourth-order valence-electron chi connectivity index (χ4n) is 1.57. The van der Waals surface area contributed by atoms with Gasteiger partial charge in [0.2, 0.25) is 0 Å². The standard InChI is InChI=1S/C13H19Cl2N3O/c1-9(16-6-7-18(2)3)13(19)17-12-8-10(14)4-5-11(12)15/h4-5,8-9,16H,6-7H2,1-3H3,(H,17,19)/p+2/t9-/m0/s1. The van der Waals surface area contributed by atoms with E-state index < -0.39 is 0 Å². The second kappa shape index (κ2) is 7.70. The quantitative estimate of drug-likeness (QED) is 0.682. The number of nitrogens with two attached hydrogens (primary N) is 1. The average Bonchev–Trinajstić information content (AvgIpc) is 2.33. The number of hydrogen-bond acceptors (Lipinski definition) is 1. The predicted molar refractivity (Wildman–Crippen MR) is 79.0 cm³/mol. The average molecular weight is 306 g/mol. The fourth-order valence-corrected chi connectivity index (χ4v) is 1.91. The number of rotatable bonds is 6. The van der Waals surface area contributed by atoms with Crippen molar-refractivity contribution >= 4 is 34.8 Å². The van der Waals surface area contributed by atoms with Crippen LogP contribution < -0.4 is 15.5 Å². The van der Waals surface area contributed by atoms with Crippen LogP contribution in [0.3, 0.4) is 0 Å². The number of anilines is 1. The molecule has 0 saturated carbocycles. The van der Waals surface area contributed by atoms with E-state index in [2.05, 4.69) is 19.4 Å². The molecule has 0 aliphatic heterocycles. The van der Waals surface area contributed by atoms with E-state index in [1.807, 2.05) is 12.2 Å². The van der Waals surface area contributed by atoms with E-state index in [-0.39, 0.29) is 11.9 Å². The Bertz CT molecular complexity index is 438. The first-order valence-electron chi connectivity index (χ1n) is 6.28. The minimum atomic E-state index is -0.158. The highest BCUT2D eigenvalue weighted by molar-refractivity contribution is 6.35. The lowest BCUT2D eigenvalue weighted by molar-refractivity contribution is -0.875. The number of carbonyl (C=O) groups is 1. The molecule has 1 amide bonds. The van der Waals surface area contributed by atoms with Gasteiger partial charge in [0.05, 0.1) is 24.8 Å². The van der Waals surface area contributed by atoms with E-state index in [0.29, 0.717) is 15.7 Å². The molecule has 0 aliphatic carbocycles. The maximum absolute atomic E-state index is 12.0. The number of carbonyl (C=O) groups excluding carboxylic acids is 1. The molecule has 0 spiro atoms. The van der Waals surface area contributed by atoms with Crippen molar-refractivity contribution in [2.75, 3.05) is 32.5 Å². The normalized spacial score (nSPS) is 12.5. The highest BCUT2D eigenvalue weighted by Gasteiger charge is 2.17. The maximum atomic E-state index is 12.0. The zero-order chi connectivity index (χ0) is 14.4. The minimum Gasteiger partial charge on any atom is -0.335 e. The van der Waals surface area contributed by atoms with Gasteiger partial charge in [-0.3, -0.25) is 4.79 Å². The molecule has 19 heavy (non-hydrogen) atoms. The molecule has 0 aliphatic rings. The Morgan fingerprint density at radius 3 is 2.74 bits per heavy atom. The van der Waals surface area contributed by atoms with Crippen LogP contribution in [0.1, 0.15) is 6.92 Å². The molecule has 4 nitrogen and oxygen atoms in total. The Hall–Kier alpha value is -0.810. The first-order chi connectivity index (χ1) is 8.90. The van der Waals surface area contributed by atoms with E-state index in [4.69, 9.17) is 23.2 Å². The van der Waals surface area contributed by atoms with Crippen molar-refractivity contribution in [3.8, 4) is 0 Å². The number of benzene rings is 1. The summed E-state index contributed by atoms with van der Waals surface area (Å²) in [6.45, 7) is 3.79. The van der Waals surface area contributed by atoms with E-state index >= 15 is 0 Å². The second-order valence-electron chi connectivity index (χ2n) is 4.88. The smallest absolute Gasteiger partial charge is 0.282 e. The molecule has 0 fully saturated rings. The largest absolute Gasteiger partial charge is 0.335 e. The molecule has 0 aromatic heterocycles. The van der Waals surface area contributed by atoms with Crippen molar-refractivity contribution in [1.82, 2.24) is 0 Å². The Morgan fingerprint density at radius 1 is 1.42 bits per heavy atom. The molecule has 6 heteroatoms. The molecule has 1 rings (SSSR count). The Balaban J connectivity index is 2.51. The Kier molecular flexibility index (Phi) is 6.58. The number of amides is 1. The van der Waals surface area contributed by atoms with Crippen LogP contribution in [0, 0.1) is 0 Å². The van der Waals surface area contributed by atoms with Crippen molar-refractivity contribution in [3.05, 3.63) is 28.2 Å². The molecule has 0 radical (unpaired) electrons. The third-order valence-corrected chi connectivity index (χ3v) is 3.33.